The van der Waals surface area contributed by atoms with Crippen LogP contribution in [0.1, 0.15) is 31.7 Å². The Hall–Kier alpha value is -3.95. The van der Waals surface area contributed by atoms with Crippen molar-refractivity contribution in [3.63, 3.8) is 0 Å². The van der Waals surface area contributed by atoms with Gasteiger partial charge in [0.1, 0.15) is 17.4 Å². The van der Waals surface area contributed by atoms with Crippen molar-refractivity contribution in [2.75, 3.05) is 38.3 Å². The average molecular weight is 588 g/mol. The third kappa shape index (κ3) is 5.25. The molecule has 9 heteroatoms. The molecule has 5 rings (SSSR count). The number of carbonyl (C=O) groups is 3. The summed E-state index contributed by atoms with van der Waals surface area (Å²) in [6.45, 7) is 10.6. The minimum Gasteiger partial charge on any atom is -0.497 e. The first-order valence-corrected chi connectivity index (χ1v) is 14.9. The first kappa shape index (κ1) is 30.5. The summed E-state index contributed by atoms with van der Waals surface area (Å²) in [6.07, 6.45) is 4.64. The Kier molecular flexibility index (Phi) is 8.76. The van der Waals surface area contributed by atoms with Crippen molar-refractivity contribution in [2.24, 2.45) is 11.8 Å². The van der Waals surface area contributed by atoms with Crippen molar-refractivity contribution in [1.82, 2.24) is 9.80 Å². The van der Waals surface area contributed by atoms with Crippen molar-refractivity contribution < 1.29 is 29.0 Å². The third-order valence-electron chi connectivity index (χ3n) is 9.17. The predicted molar refractivity (Wildman–Crippen MR) is 163 cm³/mol. The Labute approximate surface area is 253 Å². The van der Waals surface area contributed by atoms with Crippen LogP contribution in [0.5, 0.6) is 5.75 Å². The molecule has 0 aliphatic carbocycles. The number of ether oxygens (including phenoxy) is 2. The minimum atomic E-state index is -1.17. The maximum atomic E-state index is 14.6. The first-order valence-electron chi connectivity index (χ1n) is 14.9. The van der Waals surface area contributed by atoms with E-state index in [9.17, 15) is 19.5 Å². The lowest BCUT2D eigenvalue weighted by atomic mass is 9.66. The third-order valence-corrected chi connectivity index (χ3v) is 9.17. The molecule has 0 saturated carbocycles. The Morgan fingerprint density at radius 1 is 1.07 bits per heavy atom. The highest BCUT2D eigenvalue weighted by Gasteiger charge is 2.78. The van der Waals surface area contributed by atoms with Gasteiger partial charge in [-0.3, -0.25) is 14.4 Å². The Balaban J connectivity index is 1.54. The van der Waals surface area contributed by atoms with Gasteiger partial charge in [-0.25, -0.2) is 0 Å². The first-order chi connectivity index (χ1) is 20.7. The van der Waals surface area contributed by atoms with Gasteiger partial charge in [-0.15, -0.1) is 13.2 Å². The Morgan fingerprint density at radius 3 is 2.40 bits per heavy atom. The van der Waals surface area contributed by atoms with Crippen LogP contribution >= 0.6 is 0 Å². The smallest absolute Gasteiger partial charge is 0.253 e. The molecular weight excluding hydrogens is 546 g/mol. The SMILES string of the molecule is C=CCN(Cc1ccccc1)C(=O)[C@H]1[C@H]2C(=O)N(CCCO)C(C(=O)N(CC=C)c3ccc(OC)cc3)C23CC[C@]1(C)O3. The van der Waals surface area contributed by atoms with Gasteiger partial charge in [-0.05, 0) is 56.0 Å². The summed E-state index contributed by atoms with van der Waals surface area (Å²) in [6, 6.07) is 15.9. The number of nitrogens with zero attached hydrogens (tertiary/aromatic N) is 3. The van der Waals surface area contributed by atoms with E-state index in [0.717, 1.165) is 5.56 Å². The zero-order valence-corrected chi connectivity index (χ0v) is 25.0. The molecule has 3 fully saturated rings. The number of likely N-dealkylation sites (tertiary alicyclic amines) is 1. The highest BCUT2D eigenvalue weighted by Crippen LogP contribution is 2.63. The zero-order valence-electron chi connectivity index (χ0n) is 25.0. The summed E-state index contributed by atoms with van der Waals surface area (Å²) in [7, 11) is 1.58. The van der Waals surface area contributed by atoms with Gasteiger partial charge in [0.05, 0.1) is 24.5 Å². The predicted octanol–water partition coefficient (Wildman–Crippen LogP) is 3.58. The monoisotopic (exact) mass is 587 g/mol. The van der Waals surface area contributed by atoms with Crippen LogP contribution in [0.2, 0.25) is 0 Å². The fourth-order valence-corrected chi connectivity index (χ4v) is 7.31. The number of aliphatic hydroxyl groups is 1. The van der Waals surface area contributed by atoms with Crippen LogP contribution in [0.4, 0.5) is 5.69 Å². The van der Waals surface area contributed by atoms with Crippen LogP contribution in [0, 0.1) is 11.8 Å². The molecule has 3 aliphatic rings. The fraction of sp³-hybridized carbons (Fsp3) is 0.441. The lowest BCUT2D eigenvalue weighted by Gasteiger charge is -2.37. The number of benzene rings is 2. The quantitative estimate of drug-likeness (QED) is 0.360. The van der Waals surface area contributed by atoms with Crippen LogP contribution in [-0.2, 0) is 25.7 Å². The molecule has 2 bridgehead atoms. The molecule has 3 heterocycles. The van der Waals surface area contributed by atoms with E-state index in [1.807, 2.05) is 37.3 Å². The van der Waals surface area contributed by atoms with Gasteiger partial charge >= 0.3 is 0 Å². The van der Waals surface area contributed by atoms with Crippen LogP contribution < -0.4 is 9.64 Å². The van der Waals surface area contributed by atoms with Crippen LogP contribution in [0.15, 0.2) is 79.9 Å². The zero-order chi connectivity index (χ0) is 30.8. The molecule has 9 nitrogen and oxygen atoms in total. The van der Waals surface area contributed by atoms with Gasteiger partial charge in [0.25, 0.3) is 5.91 Å². The van der Waals surface area contributed by atoms with E-state index in [2.05, 4.69) is 13.2 Å². The maximum absolute atomic E-state index is 14.6. The van der Waals surface area contributed by atoms with Gasteiger partial charge in [0.15, 0.2) is 0 Å². The molecule has 3 saturated heterocycles. The number of amides is 3. The summed E-state index contributed by atoms with van der Waals surface area (Å²) in [4.78, 5) is 48.2. The minimum absolute atomic E-state index is 0.137. The second-order valence-electron chi connectivity index (χ2n) is 11.8. The van der Waals surface area contributed by atoms with Crippen LogP contribution in [0.3, 0.4) is 0 Å². The molecule has 5 atom stereocenters. The molecule has 3 aliphatic heterocycles. The lowest BCUT2D eigenvalue weighted by Crippen LogP contribution is -2.56. The summed E-state index contributed by atoms with van der Waals surface area (Å²) in [5.74, 6) is -1.69. The van der Waals surface area contributed by atoms with Crippen molar-refractivity contribution in [3.05, 3.63) is 85.5 Å². The number of methoxy groups -OCH3 is 1. The molecule has 0 radical (unpaired) electrons. The van der Waals surface area contributed by atoms with Crippen LogP contribution in [-0.4, -0.2) is 83.2 Å². The largest absolute Gasteiger partial charge is 0.497 e. The number of hydrogen-bond donors (Lipinski definition) is 1. The van der Waals surface area contributed by atoms with Gasteiger partial charge in [0, 0.05) is 38.5 Å². The molecule has 1 spiro atoms. The van der Waals surface area contributed by atoms with E-state index >= 15 is 0 Å². The lowest BCUT2D eigenvalue weighted by molar-refractivity contribution is -0.150. The van der Waals surface area contributed by atoms with Crippen molar-refractivity contribution in [2.45, 2.75) is 50.0 Å². The molecular formula is C34H41N3O6. The second kappa shape index (κ2) is 12.3. The molecule has 0 aromatic heterocycles. The van der Waals surface area contributed by atoms with Crippen molar-refractivity contribution in [1.29, 1.82) is 0 Å². The summed E-state index contributed by atoms with van der Waals surface area (Å²) in [5.41, 5.74) is -0.474. The molecule has 2 unspecified atom stereocenters. The molecule has 2 aromatic carbocycles. The average Bonchev–Trinajstić information content (AvgIpc) is 3.59. The fourth-order valence-electron chi connectivity index (χ4n) is 7.31. The second-order valence-corrected chi connectivity index (χ2v) is 11.8. The number of aliphatic hydroxyl groups excluding tert-OH is 1. The number of anilines is 1. The van der Waals surface area contributed by atoms with E-state index in [-0.39, 0.29) is 37.4 Å². The van der Waals surface area contributed by atoms with Gasteiger partial charge in [-0.2, -0.15) is 0 Å². The molecule has 2 aromatic rings. The highest BCUT2D eigenvalue weighted by atomic mass is 16.5. The summed E-state index contributed by atoms with van der Waals surface area (Å²) >= 11 is 0. The van der Waals surface area contributed by atoms with Gasteiger partial charge in [0.2, 0.25) is 11.8 Å². The highest BCUT2D eigenvalue weighted by molar-refractivity contribution is 6.05. The van der Waals surface area contributed by atoms with Crippen LogP contribution in [0.25, 0.3) is 0 Å². The van der Waals surface area contributed by atoms with Gasteiger partial charge in [-0.1, -0.05) is 42.5 Å². The number of fused-ring (bicyclic) bond motifs is 1. The molecule has 1 N–H and O–H groups in total. The number of hydrogen-bond acceptors (Lipinski definition) is 6. The van der Waals surface area contributed by atoms with E-state index in [4.69, 9.17) is 9.47 Å². The summed E-state index contributed by atoms with van der Waals surface area (Å²) < 4.78 is 12.1. The number of carbonyl (C=O) groups excluding carboxylic acids is 3. The normalized spacial score (nSPS) is 27.1. The summed E-state index contributed by atoms with van der Waals surface area (Å²) in [5, 5.41) is 9.68. The van der Waals surface area contributed by atoms with Crippen molar-refractivity contribution >= 4 is 23.4 Å². The van der Waals surface area contributed by atoms with Gasteiger partial charge < -0.3 is 29.3 Å². The standard InChI is InChI=1S/C34H41N3O6/c1-5-19-35(23-24-11-8-7-9-12-24)30(39)27-28-31(40)37(21-10-22-38)29(34(28)18-17-33(27,3)43-34)32(41)36(20-6-2)25-13-15-26(42-4)16-14-25/h5-9,11-16,27-29,38H,1-2,10,17-23H2,3-4H3/t27-,28+,29?,33+,34?/m1/s1. The number of rotatable bonds is 13. The topological polar surface area (TPSA) is 99.6 Å². The molecule has 3 amide bonds. The van der Waals surface area contributed by atoms with E-state index in [1.165, 1.54) is 0 Å². The molecule has 43 heavy (non-hydrogen) atoms. The molecule has 228 valence electrons. The van der Waals surface area contributed by atoms with E-state index in [1.54, 1.807) is 58.2 Å². The van der Waals surface area contributed by atoms with E-state index in [0.29, 0.717) is 43.8 Å². The maximum Gasteiger partial charge on any atom is 0.253 e. The Morgan fingerprint density at radius 2 is 1.77 bits per heavy atom. The van der Waals surface area contributed by atoms with E-state index < -0.39 is 29.1 Å². The Bertz CT molecular complexity index is 1360. The van der Waals surface area contributed by atoms with Crippen molar-refractivity contribution in [3.8, 4) is 5.75 Å².